The molecule has 3 aromatic heterocycles. The van der Waals surface area contributed by atoms with Gasteiger partial charge in [-0.05, 0) is 30.9 Å². The van der Waals surface area contributed by atoms with E-state index in [0.29, 0.717) is 23.9 Å². The molecular weight excluding hydrogens is 402 g/mol. The van der Waals surface area contributed by atoms with Gasteiger partial charge in [-0.1, -0.05) is 24.3 Å². The molecule has 1 saturated carbocycles. The molecule has 0 unspecified atom stereocenters. The van der Waals surface area contributed by atoms with Crippen LogP contribution in [-0.2, 0) is 19.6 Å². The minimum absolute atomic E-state index is 0.106. The highest BCUT2D eigenvalue weighted by molar-refractivity contribution is 5.94. The van der Waals surface area contributed by atoms with E-state index in [2.05, 4.69) is 43.5 Å². The van der Waals surface area contributed by atoms with Crippen molar-refractivity contribution in [3.8, 4) is 11.3 Å². The largest absolute Gasteiger partial charge is 0.347 e. The van der Waals surface area contributed by atoms with E-state index in [1.54, 1.807) is 6.20 Å². The Morgan fingerprint density at radius 3 is 2.81 bits per heavy atom. The maximum atomic E-state index is 13.1. The van der Waals surface area contributed by atoms with Crippen molar-refractivity contribution in [2.24, 2.45) is 0 Å². The first-order chi connectivity index (χ1) is 15.7. The molecule has 32 heavy (non-hydrogen) atoms. The molecule has 1 aromatic carbocycles. The molecule has 0 saturated heterocycles. The summed E-state index contributed by atoms with van der Waals surface area (Å²) in [5.74, 6) is 1.93. The molecule has 8 heteroatoms. The van der Waals surface area contributed by atoms with Crippen molar-refractivity contribution in [1.82, 2.24) is 34.6 Å². The number of benzene rings is 1. The number of amides is 1. The van der Waals surface area contributed by atoms with Gasteiger partial charge in [0, 0.05) is 49.7 Å². The van der Waals surface area contributed by atoms with Gasteiger partial charge in [-0.3, -0.25) is 9.20 Å². The first-order valence-corrected chi connectivity index (χ1v) is 11.1. The first-order valence-electron chi connectivity index (χ1n) is 11.1. The predicted octanol–water partition coefficient (Wildman–Crippen LogP) is 2.81. The summed E-state index contributed by atoms with van der Waals surface area (Å²) in [6, 6.07) is 8.24. The minimum Gasteiger partial charge on any atom is -0.347 e. The van der Waals surface area contributed by atoms with Crippen LogP contribution in [0.25, 0.3) is 17.0 Å². The molecule has 4 aromatic rings. The third-order valence-electron chi connectivity index (χ3n) is 6.19. The molecule has 162 valence electrons. The number of hydrogen-bond donors (Lipinski definition) is 2. The third kappa shape index (κ3) is 3.46. The smallest absolute Gasteiger partial charge is 0.270 e. The molecule has 1 aliphatic heterocycles. The van der Waals surface area contributed by atoms with Crippen LogP contribution in [0.2, 0.25) is 0 Å². The summed E-state index contributed by atoms with van der Waals surface area (Å²) >= 11 is 0. The Bertz CT molecular complexity index is 1290. The van der Waals surface area contributed by atoms with E-state index in [1.807, 2.05) is 29.7 Å². The van der Waals surface area contributed by atoms with Crippen molar-refractivity contribution in [3.05, 3.63) is 71.2 Å². The predicted molar refractivity (Wildman–Crippen MR) is 120 cm³/mol. The van der Waals surface area contributed by atoms with Crippen LogP contribution in [0.5, 0.6) is 0 Å². The molecule has 0 radical (unpaired) electrons. The molecular formula is C24H25N7O. The summed E-state index contributed by atoms with van der Waals surface area (Å²) in [6.07, 6.45) is 8.00. The molecule has 1 amide bonds. The monoisotopic (exact) mass is 427 g/mol. The van der Waals surface area contributed by atoms with Crippen LogP contribution in [0, 0.1) is 6.92 Å². The quantitative estimate of drug-likeness (QED) is 0.511. The van der Waals surface area contributed by atoms with Gasteiger partial charge in [-0.2, -0.15) is 0 Å². The van der Waals surface area contributed by atoms with Crippen LogP contribution < -0.4 is 10.6 Å². The number of carbonyl (C=O) groups excluding carboxylic acids is 1. The molecule has 2 aliphatic rings. The van der Waals surface area contributed by atoms with Gasteiger partial charge < -0.3 is 15.2 Å². The zero-order valence-electron chi connectivity index (χ0n) is 18.0. The maximum absolute atomic E-state index is 13.1. The third-order valence-corrected chi connectivity index (χ3v) is 6.19. The number of aryl methyl sites for hydroxylation is 1. The van der Waals surface area contributed by atoms with E-state index >= 15 is 0 Å². The van der Waals surface area contributed by atoms with Crippen molar-refractivity contribution in [2.45, 2.75) is 45.3 Å². The Balaban J connectivity index is 1.20. The highest BCUT2D eigenvalue weighted by Crippen LogP contribution is 2.41. The highest BCUT2D eigenvalue weighted by Gasteiger charge is 2.33. The van der Waals surface area contributed by atoms with Gasteiger partial charge in [0.05, 0.1) is 17.9 Å². The Labute approximate surface area is 185 Å². The van der Waals surface area contributed by atoms with Crippen LogP contribution in [0.3, 0.4) is 0 Å². The molecule has 8 nitrogen and oxygen atoms in total. The zero-order valence-corrected chi connectivity index (χ0v) is 18.0. The molecule has 0 spiro atoms. The fraction of sp³-hybridized carbons (Fsp3) is 0.333. The summed E-state index contributed by atoms with van der Waals surface area (Å²) in [6.45, 7) is 5.17. The van der Waals surface area contributed by atoms with E-state index in [1.165, 1.54) is 0 Å². The van der Waals surface area contributed by atoms with Gasteiger partial charge in [0.15, 0.2) is 0 Å². The second kappa shape index (κ2) is 7.56. The van der Waals surface area contributed by atoms with Crippen molar-refractivity contribution < 1.29 is 4.79 Å². The van der Waals surface area contributed by atoms with Crippen LogP contribution in [-0.4, -0.2) is 36.4 Å². The number of hydrogen-bond acceptors (Lipinski definition) is 5. The zero-order chi connectivity index (χ0) is 21.7. The van der Waals surface area contributed by atoms with Crippen LogP contribution in [0.1, 0.15) is 51.9 Å². The lowest BCUT2D eigenvalue weighted by atomic mass is 10.1. The van der Waals surface area contributed by atoms with Crippen molar-refractivity contribution in [3.63, 3.8) is 0 Å². The summed E-state index contributed by atoms with van der Waals surface area (Å²) in [4.78, 5) is 26.9. The summed E-state index contributed by atoms with van der Waals surface area (Å²) < 4.78 is 4.04. The lowest BCUT2D eigenvalue weighted by Gasteiger charge is -2.13. The average molecular weight is 428 g/mol. The lowest BCUT2D eigenvalue weighted by Crippen LogP contribution is -2.27. The van der Waals surface area contributed by atoms with Gasteiger partial charge in [-0.25, -0.2) is 15.0 Å². The minimum atomic E-state index is -0.106. The molecule has 6 rings (SSSR count). The van der Waals surface area contributed by atoms with Crippen LogP contribution >= 0.6 is 0 Å². The fourth-order valence-corrected chi connectivity index (χ4v) is 4.30. The average Bonchev–Trinajstić information content (AvgIpc) is 3.45. The number of nitrogens with one attached hydrogen (secondary N) is 2. The number of fused-ring (bicyclic) bond motifs is 2. The number of aromatic nitrogens is 5. The van der Waals surface area contributed by atoms with Gasteiger partial charge in [0.25, 0.3) is 5.91 Å². The van der Waals surface area contributed by atoms with Crippen LogP contribution in [0.15, 0.2) is 42.9 Å². The Morgan fingerprint density at radius 2 is 2.03 bits per heavy atom. The highest BCUT2D eigenvalue weighted by atomic mass is 16.1. The van der Waals surface area contributed by atoms with E-state index in [4.69, 9.17) is 4.98 Å². The van der Waals surface area contributed by atoms with Crippen molar-refractivity contribution in [1.29, 1.82) is 0 Å². The van der Waals surface area contributed by atoms with Gasteiger partial charge in [0.1, 0.15) is 11.5 Å². The van der Waals surface area contributed by atoms with Gasteiger partial charge in [0.2, 0.25) is 5.78 Å². The van der Waals surface area contributed by atoms with Crippen molar-refractivity contribution >= 4 is 11.7 Å². The van der Waals surface area contributed by atoms with Gasteiger partial charge >= 0.3 is 0 Å². The summed E-state index contributed by atoms with van der Waals surface area (Å²) in [7, 11) is 0. The second-order valence-electron chi connectivity index (χ2n) is 8.71. The Morgan fingerprint density at radius 1 is 1.19 bits per heavy atom. The van der Waals surface area contributed by atoms with E-state index < -0.39 is 0 Å². The number of imidazole rings is 2. The topological polar surface area (TPSA) is 89.1 Å². The van der Waals surface area contributed by atoms with Crippen LogP contribution in [0.4, 0.5) is 0 Å². The van der Waals surface area contributed by atoms with E-state index in [-0.39, 0.29) is 5.91 Å². The molecule has 2 N–H and O–H groups in total. The second-order valence-corrected chi connectivity index (χ2v) is 8.71. The lowest BCUT2D eigenvalue weighted by molar-refractivity contribution is 0.0944. The maximum Gasteiger partial charge on any atom is 0.270 e. The van der Waals surface area contributed by atoms with E-state index in [9.17, 15) is 4.79 Å². The molecule has 0 bridgehead atoms. The molecule has 1 aliphatic carbocycles. The normalized spacial score (nSPS) is 15.7. The van der Waals surface area contributed by atoms with Crippen molar-refractivity contribution in [2.75, 3.05) is 6.54 Å². The SMILES string of the molecule is Cc1cnc2nc(C3CC3)c(C(=O)NCc3ccc(-c4cn5c(n4)CNCC5)cc3)n2c1. The van der Waals surface area contributed by atoms with Gasteiger partial charge in [-0.15, -0.1) is 0 Å². The molecule has 1 fully saturated rings. The summed E-state index contributed by atoms with van der Waals surface area (Å²) in [5.41, 5.74) is 5.60. The number of rotatable bonds is 5. The molecule has 4 heterocycles. The number of carbonyl (C=O) groups is 1. The Hall–Kier alpha value is -3.52. The van der Waals surface area contributed by atoms with E-state index in [0.717, 1.165) is 66.4 Å². The Kier molecular flexibility index (Phi) is 4.53. The fourth-order valence-electron chi connectivity index (χ4n) is 4.30. The standard InChI is InChI=1S/C24H25N7O/c1-15-10-27-24-29-21(18-6-7-18)22(31(24)13-15)23(32)26-11-16-2-4-17(5-3-16)19-14-30-9-8-25-12-20(30)28-19/h2-5,10,13-14,18,25H,6-9,11-12H2,1H3,(H,26,32). The summed E-state index contributed by atoms with van der Waals surface area (Å²) in [5, 5.41) is 6.43. The molecule has 0 atom stereocenters. The first kappa shape index (κ1) is 19.2. The number of nitrogens with zero attached hydrogens (tertiary/aromatic N) is 5.